The molecule has 0 bridgehead atoms. The quantitative estimate of drug-likeness (QED) is 0.605. The predicted molar refractivity (Wildman–Crippen MR) is 74.1 cm³/mol. The lowest BCUT2D eigenvalue weighted by molar-refractivity contribution is 0.0593. The van der Waals surface area contributed by atoms with E-state index in [-0.39, 0.29) is 5.69 Å². The molecule has 18 heavy (non-hydrogen) atoms. The monoisotopic (exact) mass is 269 g/mol. The zero-order valence-electron chi connectivity index (χ0n) is 11.0. The molecule has 0 radical (unpaired) electrons. The summed E-state index contributed by atoms with van der Waals surface area (Å²) in [6.07, 6.45) is 1.07. The Morgan fingerprint density at radius 2 is 2.28 bits per heavy atom. The van der Waals surface area contributed by atoms with Crippen molar-refractivity contribution in [3.05, 3.63) is 17.8 Å². The van der Waals surface area contributed by atoms with Gasteiger partial charge in [0, 0.05) is 6.04 Å². The van der Waals surface area contributed by atoms with Crippen LogP contribution in [0.1, 0.15) is 30.8 Å². The van der Waals surface area contributed by atoms with E-state index in [1.807, 2.05) is 11.8 Å². The van der Waals surface area contributed by atoms with Crippen LogP contribution in [0.5, 0.6) is 0 Å². The van der Waals surface area contributed by atoms with Crippen molar-refractivity contribution in [1.82, 2.24) is 10.2 Å². The number of thioether (sulfide) groups is 1. The maximum Gasteiger partial charge on any atom is 0.358 e. The molecule has 6 heteroatoms. The fourth-order valence-corrected chi connectivity index (χ4v) is 2.16. The summed E-state index contributed by atoms with van der Waals surface area (Å²) in [7, 11) is 1.32. The smallest absolute Gasteiger partial charge is 0.358 e. The molecule has 1 N–H and O–H groups in total. The molecule has 1 rings (SSSR count). The van der Waals surface area contributed by atoms with Crippen LogP contribution in [0.4, 0.5) is 5.82 Å². The van der Waals surface area contributed by atoms with Gasteiger partial charge in [-0.05, 0) is 37.0 Å². The minimum Gasteiger partial charge on any atom is -0.464 e. The fraction of sp³-hybridized carbons (Fsp3) is 0.583. The van der Waals surface area contributed by atoms with E-state index in [2.05, 4.69) is 34.1 Å². The van der Waals surface area contributed by atoms with Crippen molar-refractivity contribution in [2.45, 2.75) is 26.3 Å². The van der Waals surface area contributed by atoms with Gasteiger partial charge < -0.3 is 10.1 Å². The van der Waals surface area contributed by atoms with E-state index < -0.39 is 5.97 Å². The fourth-order valence-electron chi connectivity index (χ4n) is 1.35. The molecule has 0 fully saturated rings. The summed E-state index contributed by atoms with van der Waals surface area (Å²) in [5, 5.41) is 11.0. The van der Waals surface area contributed by atoms with Gasteiger partial charge in [-0.2, -0.15) is 11.8 Å². The van der Waals surface area contributed by atoms with Crippen LogP contribution in [0.15, 0.2) is 12.1 Å². The summed E-state index contributed by atoms with van der Waals surface area (Å²) in [6.45, 7) is 4.26. The Balaban J connectivity index is 2.45. The average molecular weight is 269 g/mol. The van der Waals surface area contributed by atoms with Gasteiger partial charge in [-0.3, -0.25) is 0 Å². The Kier molecular flexibility index (Phi) is 6.49. The molecule has 0 aliphatic carbocycles. The summed E-state index contributed by atoms with van der Waals surface area (Å²) in [5.74, 6) is 2.47. The van der Waals surface area contributed by atoms with Gasteiger partial charge in [0.25, 0.3) is 0 Å². The Bertz CT molecular complexity index is 370. The van der Waals surface area contributed by atoms with Crippen molar-refractivity contribution in [3.8, 4) is 0 Å². The van der Waals surface area contributed by atoms with Gasteiger partial charge in [0.05, 0.1) is 7.11 Å². The van der Waals surface area contributed by atoms with Crippen molar-refractivity contribution in [3.63, 3.8) is 0 Å². The first-order valence-electron chi connectivity index (χ1n) is 5.93. The van der Waals surface area contributed by atoms with Crippen LogP contribution in [-0.4, -0.2) is 40.8 Å². The van der Waals surface area contributed by atoms with Gasteiger partial charge in [0.15, 0.2) is 5.69 Å². The SMILES string of the molecule is CCSCCC(C)Nc1ccc(C(=O)OC)nn1. The number of hydrogen-bond donors (Lipinski definition) is 1. The minimum atomic E-state index is -0.471. The molecule has 0 amide bonds. The van der Waals surface area contributed by atoms with Crippen molar-refractivity contribution in [2.24, 2.45) is 0 Å². The van der Waals surface area contributed by atoms with Gasteiger partial charge in [-0.15, -0.1) is 10.2 Å². The van der Waals surface area contributed by atoms with Crippen LogP contribution in [0.2, 0.25) is 0 Å². The molecule has 0 aliphatic heterocycles. The van der Waals surface area contributed by atoms with Gasteiger partial charge in [-0.25, -0.2) is 4.79 Å². The summed E-state index contributed by atoms with van der Waals surface area (Å²) >= 11 is 1.92. The third-order valence-corrected chi connectivity index (χ3v) is 3.29. The van der Waals surface area contributed by atoms with E-state index in [0.717, 1.165) is 17.9 Å². The van der Waals surface area contributed by atoms with Crippen molar-refractivity contribution in [2.75, 3.05) is 23.9 Å². The third-order valence-electron chi connectivity index (χ3n) is 2.35. The number of rotatable bonds is 7. The molecule has 1 aromatic heterocycles. The number of methoxy groups -OCH3 is 1. The lowest BCUT2D eigenvalue weighted by atomic mass is 10.2. The molecule has 1 unspecified atom stereocenters. The van der Waals surface area contributed by atoms with Crippen molar-refractivity contribution < 1.29 is 9.53 Å². The molecule has 1 aromatic rings. The number of esters is 1. The normalized spacial score (nSPS) is 11.9. The molecule has 0 saturated carbocycles. The molecule has 0 saturated heterocycles. The van der Waals surface area contributed by atoms with E-state index in [1.165, 1.54) is 7.11 Å². The van der Waals surface area contributed by atoms with Crippen LogP contribution in [0.25, 0.3) is 0 Å². The van der Waals surface area contributed by atoms with E-state index in [1.54, 1.807) is 12.1 Å². The lowest BCUT2D eigenvalue weighted by Gasteiger charge is -2.13. The van der Waals surface area contributed by atoms with Crippen LogP contribution in [0.3, 0.4) is 0 Å². The molecular weight excluding hydrogens is 250 g/mol. The topological polar surface area (TPSA) is 64.1 Å². The van der Waals surface area contributed by atoms with Crippen molar-refractivity contribution in [1.29, 1.82) is 0 Å². The van der Waals surface area contributed by atoms with E-state index in [0.29, 0.717) is 11.9 Å². The van der Waals surface area contributed by atoms with Crippen LogP contribution < -0.4 is 5.32 Å². The predicted octanol–water partition coefficient (Wildman–Crippen LogP) is 2.21. The van der Waals surface area contributed by atoms with Gasteiger partial charge in [0.2, 0.25) is 0 Å². The number of carbonyl (C=O) groups excluding carboxylic acids is 1. The number of ether oxygens (including phenoxy) is 1. The van der Waals surface area contributed by atoms with Gasteiger partial charge in [0.1, 0.15) is 5.82 Å². The molecule has 100 valence electrons. The highest BCUT2D eigenvalue weighted by Crippen LogP contribution is 2.09. The highest BCUT2D eigenvalue weighted by Gasteiger charge is 2.08. The zero-order chi connectivity index (χ0) is 13.4. The van der Waals surface area contributed by atoms with E-state index >= 15 is 0 Å². The first kappa shape index (κ1) is 14.8. The highest BCUT2D eigenvalue weighted by atomic mass is 32.2. The van der Waals surface area contributed by atoms with Gasteiger partial charge >= 0.3 is 5.97 Å². The van der Waals surface area contributed by atoms with Gasteiger partial charge in [-0.1, -0.05) is 6.92 Å². The molecular formula is C12H19N3O2S. The first-order chi connectivity index (χ1) is 8.67. The number of nitrogens with zero attached hydrogens (tertiary/aromatic N) is 2. The van der Waals surface area contributed by atoms with Crippen LogP contribution in [-0.2, 0) is 4.74 Å². The zero-order valence-corrected chi connectivity index (χ0v) is 11.8. The van der Waals surface area contributed by atoms with Crippen LogP contribution >= 0.6 is 11.8 Å². The maximum atomic E-state index is 11.2. The minimum absolute atomic E-state index is 0.220. The molecule has 0 spiro atoms. The van der Waals surface area contributed by atoms with E-state index in [9.17, 15) is 4.79 Å². The molecule has 1 atom stereocenters. The molecule has 0 aliphatic rings. The molecule has 1 heterocycles. The maximum absolute atomic E-state index is 11.2. The summed E-state index contributed by atoms with van der Waals surface area (Å²) < 4.78 is 4.56. The number of carbonyl (C=O) groups is 1. The Morgan fingerprint density at radius 3 is 2.83 bits per heavy atom. The number of anilines is 1. The summed E-state index contributed by atoms with van der Waals surface area (Å²) in [6, 6.07) is 3.68. The Labute approximate surface area is 112 Å². The van der Waals surface area contributed by atoms with Crippen LogP contribution in [0, 0.1) is 0 Å². The number of aromatic nitrogens is 2. The molecule has 5 nitrogen and oxygen atoms in total. The molecule has 0 aromatic carbocycles. The summed E-state index contributed by atoms with van der Waals surface area (Å²) in [5.41, 5.74) is 0.220. The standard InChI is InChI=1S/C12H19N3O2S/c1-4-18-8-7-9(2)13-11-6-5-10(14-15-11)12(16)17-3/h5-6,9H,4,7-8H2,1-3H3,(H,13,15). The van der Waals surface area contributed by atoms with Crippen molar-refractivity contribution >= 4 is 23.5 Å². The number of nitrogens with one attached hydrogen (secondary N) is 1. The first-order valence-corrected chi connectivity index (χ1v) is 7.09. The number of hydrogen-bond acceptors (Lipinski definition) is 6. The third kappa shape index (κ3) is 4.91. The largest absolute Gasteiger partial charge is 0.464 e. The summed E-state index contributed by atoms with van der Waals surface area (Å²) in [4.78, 5) is 11.2. The average Bonchev–Trinajstić information content (AvgIpc) is 2.39. The second-order valence-electron chi connectivity index (χ2n) is 3.83. The Hall–Kier alpha value is -1.30. The second kappa shape index (κ2) is 7.92. The highest BCUT2D eigenvalue weighted by molar-refractivity contribution is 7.99. The lowest BCUT2D eigenvalue weighted by Crippen LogP contribution is -2.17. The van der Waals surface area contributed by atoms with E-state index in [4.69, 9.17) is 0 Å². The Morgan fingerprint density at radius 1 is 1.50 bits per heavy atom. The second-order valence-corrected chi connectivity index (χ2v) is 5.22.